The van der Waals surface area contributed by atoms with Crippen molar-refractivity contribution < 1.29 is 9.59 Å². The van der Waals surface area contributed by atoms with Gasteiger partial charge in [0.25, 0.3) is 0 Å². The summed E-state index contributed by atoms with van der Waals surface area (Å²) in [5.41, 5.74) is 13.4. The number of nitrogens with two attached hydrogens (primary N) is 2. The smallest absolute Gasteiger partial charge is 0.248 e. The predicted octanol–water partition coefficient (Wildman–Crippen LogP) is 1.13. The normalized spacial score (nSPS) is 10.4. The molecule has 23 heavy (non-hydrogen) atoms. The first-order valence-electron chi connectivity index (χ1n) is 6.77. The summed E-state index contributed by atoms with van der Waals surface area (Å²) in [6.45, 7) is 0. The molecule has 7 heteroatoms. The summed E-state index contributed by atoms with van der Waals surface area (Å²) in [4.78, 5) is 22.3. The minimum Gasteiger partial charge on any atom is -0.366 e. The van der Waals surface area contributed by atoms with E-state index < -0.39 is 11.8 Å². The molecule has 3 aromatic rings. The molecule has 2 aromatic carbocycles. The van der Waals surface area contributed by atoms with Gasteiger partial charge in [0.2, 0.25) is 11.8 Å². The zero-order valence-electron chi connectivity index (χ0n) is 12.0. The van der Waals surface area contributed by atoms with Crippen LogP contribution in [0.3, 0.4) is 0 Å². The lowest BCUT2D eigenvalue weighted by molar-refractivity contribution is 0.0992. The zero-order valence-corrected chi connectivity index (χ0v) is 12.0. The Labute approximate surface area is 131 Å². The molecule has 3 rings (SSSR count). The van der Waals surface area contributed by atoms with E-state index in [9.17, 15) is 9.59 Å². The number of primary amides is 2. The van der Waals surface area contributed by atoms with Crippen LogP contribution in [0.15, 0.2) is 54.7 Å². The zero-order chi connectivity index (χ0) is 16.4. The van der Waals surface area contributed by atoms with Crippen molar-refractivity contribution in [2.75, 3.05) is 0 Å². The van der Waals surface area contributed by atoms with Crippen LogP contribution in [0, 0.1) is 0 Å². The molecule has 0 unspecified atom stereocenters. The third kappa shape index (κ3) is 2.93. The molecule has 0 fully saturated rings. The molecule has 4 N–H and O–H groups in total. The number of amides is 2. The molecular weight excluding hydrogens is 294 g/mol. The van der Waals surface area contributed by atoms with Crippen LogP contribution in [0.5, 0.6) is 0 Å². The lowest BCUT2D eigenvalue weighted by Gasteiger charge is -2.01. The van der Waals surface area contributed by atoms with E-state index in [1.807, 2.05) is 0 Å². The first-order valence-corrected chi connectivity index (χ1v) is 6.77. The monoisotopic (exact) mass is 307 g/mol. The summed E-state index contributed by atoms with van der Waals surface area (Å²) in [6, 6.07) is 13.5. The summed E-state index contributed by atoms with van der Waals surface area (Å²) >= 11 is 0. The van der Waals surface area contributed by atoms with Gasteiger partial charge in [-0.1, -0.05) is 23.4 Å². The molecule has 0 atom stereocenters. The standard InChI is InChI=1S/C16H13N5O2/c17-15(22)11-6-4-10(5-7-11)14-9-21(20-19-14)13-3-1-2-12(8-13)16(18)23/h1-9H,(H2,17,22)(H2,18,23). The molecule has 7 nitrogen and oxygen atoms in total. The maximum atomic E-state index is 11.2. The fourth-order valence-electron chi connectivity index (χ4n) is 2.13. The van der Waals surface area contributed by atoms with Crippen LogP contribution in [0.4, 0.5) is 0 Å². The number of rotatable bonds is 4. The molecule has 0 aliphatic rings. The fourth-order valence-corrected chi connectivity index (χ4v) is 2.13. The highest BCUT2D eigenvalue weighted by molar-refractivity contribution is 5.93. The molecule has 0 aliphatic carbocycles. The summed E-state index contributed by atoms with van der Waals surface area (Å²) in [7, 11) is 0. The van der Waals surface area contributed by atoms with E-state index in [4.69, 9.17) is 11.5 Å². The second-order valence-corrected chi connectivity index (χ2v) is 4.90. The number of carbonyl (C=O) groups excluding carboxylic acids is 2. The second-order valence-electron chi connectivity index (χ2n) is 4.90. The fraction of sp³-hybridized carbons (Fsp3) is 0. The summed E-state index contributed by atoms with van der Waals surface area (Å²) < 4.78 is 1.55. The highest BCUT2D eigenvalue weighted by Gasteiger charge is 2.08. The van der Waals surface area contributed by atoms with E-state index in [-0.39, 0.29) is 0 Å². The molecule has 0 spiro atoms. The third-order valence-corrected chi connectivity index (χ3v) is 3.35. The Kier molecular flexibility index (Phi) is 3.60. The second kappa shape index (κ2) is 5.72. The maximum absolute atomic E-state index is 11.2. The lowest BCUT2D eigenvalue weighted by atomic mass is 10.1. The average Bonchev–Trinajstić information content (AvgIpc) is 3.05. The van der Waals surface area contributed by atoms with Crippen molar-refractivity contribution in [3.8, 4) is 16.9 Å². The first kappa shape index (κ1) is 14.5. The van der Waals surface area contributed by atoms with Crippen molar-refractivity contribution in [1.82, 2.24) is 15.0 Å². The van der Waals surface area contributed by atoms with Crippen molar-refractivity contribution in [3.63, 3.8) is 0 Å². The predicted molar refractivity (Wildman–Crippen MR) is 83.8 cm³/mol. The Morgan fingerprint density at radius 2 is 1.61 bits per heavy atom. The van der Waals surface area contributed by atoms with Gasteiger partial charge in [0.15, 0.2) is 0 Å². The Hall–Kier alpha value is -3.48. The molecule has 1 heterocycles. The van der Waals surface area contributed by atoms with Crippen LogP contribution in [0.1, 0.15) is 20.7 Å². The van der Waals surface area contributed by atoms with Gasteiger partial charge < -0.3 is 11.5 Å². The molecule has 0 aliphatic heterocycles. The van der Waals surface area contributed by atoms with E-state index in [0.29, 0.717) is 22.5 Å². The minimum atomic E-state index is -0.505. The van der Waals surface area contributed by atoms with Gasteiger partial charge in [-0.05, 0) is 30.3 Å². The number of nitrogens with zero attached hydrogens (tertiary/aromatic N) is 3. The first-order chi connectivity index (χ1) is 11.0. The molecule has 0 bridgehead atoms. The molecular formula is C16H13N5O2. The topological polar surface area (TPSA) is 117 Å². The van der Waals surface area contributed by atoms with Gasteiger partial charge >= 0.3 is 0 Å². The van der Waals surface area contributed by atoms with Gasteiger partial charge in [0.1, 0.15) is 5.69 Å². The summed E-state index contributed by atoms with van der Waals surface area (Å²) in [5, 5.41) is 8.14. The van der Waals surface area contributed by atoms with Crippen LogP contribution in [0.25, 0.3) is 16.9 Å². The van der Waals surface area contributed by atoms with Gasteiger partial charge in [-0.25, -0.2) is 4.68 Å². The molecule has 2 amide bonds. The Morgan fingerprint density at radius 1 is 0.913 bits per heavy atom. The average molecular weight is 307 g/mol. The molecule has 1 aromatic heterocycles. The van der Waals surface area contributed by atoms with Gasteiger partial charge in [-0.15, -0.1) is 5.10 Å². The quantitative estimate of drug-likeness (QED) is 0.751. The Morgan fingerprint density at radius 3 is 2.26 bits per heavy atom. The number of carbonyl (C=O) groups is 2. The van der Waals surface area contributed by atoms with Crippen molar-refractivity contribution in [3.05, 3.63) is 65.9 Å². The molecule has 0 radical (unpaired) electrons. The van der Waals surface area contributed by atoms with Gasteiger partial charge in [0.05, 0.1) is 11.9 Å². The van der Waals surface area contributed by atoms with Crippen molar-refractivity contribution >= 4 is 11.8 Å². The third-order valence-electron chi connectivity index (χ3n) is 3.35. The summed E-state index contributed by atoms with van der Waals surface area (Å²) in [5.74, 6) is -0.988. The highest BCUT2D eigenvalue weighted by atomic mass is 16.1. The largest absolute Gasteiger partial charge is 0.366 e. The Bertz CT molecular complexity index is 883. The van der Waals surface area contributed by atoms with Gasteiger partial charge in [0, 0.05) is 16.7 Å². The van der Waals surface area contributed by atoms with E-state index >= 15 is 0 Å². The molecule has 0 saturated heterocycles. The number of benzene rings is 2. The van der Waals surface area contributed by atoms with E-state index in [1.54, 1.807) is 59.4 Å². The van der Waals surface area contributed by atoms with Crippen LogP contribution in [-0.2, 0) is 0 Å². The van der Waals surface area contributed by atoms with Crippen molar-refractivity contribution in [2.45, 2.75) is 0 Å². The summed E-state index contributed by atoms with van der Waals surface area (Å²) in [6.07, 6.45) is 1.72. The highest BCUT2D eigenvalue weighted by Crippen LogP contribution is 2.18. The Balaban J connectivity index is 1.92. The number of aromatic nitrogens is 3. The van der Waals surface area contributed by atoms with E-state index in [0.717, 1.165) is 5.56 Å². The van der Waals surface area contributed by atoms with Gasteiger partial charge in [-0.3, -0.25) is 9.59 Å². The SMILES string of the molecule is NC(=O)c1ccc(-c2cn(-c3cccc(C(N)=O)c3)nn2)cc1. The lowest BCUT2D eigenvalue weighted by Crippen LogP contribution is -2.11. The van der Waals surface area contributed by atoms with E-state index in [2.05, 4.69) is 10.3 Å². The van der Waals surface area contributed by atoms with Crippen molar-refractivity contribution in [2.24, 2.45) is 11.5 Å². The van der Waals surface area contributed by atoms with E-state index in [1.165, 1.54) is 0 Å². The van der Waals surface area contributed by atoms with Crippen LogP contribution < -0.4 is 11.5 Å². The number of hydrogen-bond acceptors (Lipinski definition) is 4. The minimum absolute atomic E-state index is 0.394. The van der Waals surface area contributed by atoms with Crippen LogP contribution in [0.2, 0.25) is 0 Å². The maximum Gasteiger partial charge on any atom is 0.248 e. The van der Waals surface area contributed by atoms with Gasteiger partial charge in [-0.2, -0.15) is 0 Å². The van der Waals surface area contributed by atoms with Crippen molar-refractivity contribution in [1.29, 1.82) is 0 Å². The molecule has 114 valence electrons. The molecule has 0 saturated carbocycles. The number of hydrogen-bond donors (Lipinski definition) is 2. The van der Waals surface area contributed by atoms with Crippen LogP contribution in [-0.4, -0.2) is 26.8 Å². The van der Waals surface area contributed by atoms with Crippen LogP contribution >= 0.6 is 0 Å².